The first-order valence-corrected chi connectivity index (χ1v) is 12.9. The number of carboxylic acid groups (broad SMARTS) is 1. The molecule has 0 aliphatic carbocycles. The zero-order valence-electron chi connectivity index (χ0n) is 19.2. The molecule has 0 unspecified atom stereocenters. The molecule has 2 aromatic heterocycles. The lowest BCUT2D eigenvalue weighted by atomic mass is 10.1. The summed E-state index contributed by atoms with van der Waals surface area (Å²) in [5.41, 5.74) is 0.387. The van der Waals surface area contributed by atoms with Crippen LogP contribution in [0.3, 0.4) is 0 Å². The molecule has 1 saturated heterocycles. The van der Waals surface area contributed by atoms with Crippen LogP contribution in [0.25, 0.3) is 11.2 Å². The minimum Gasteiger partial charge on any atom is -0.480 e. The summed E-state index contributed by atoms with van der Waals surface area (Å²) in [6.07, 6.45) is 2.35. The Labute approximate surface area is 207 Å². The number of aromatic nitrogens is 3. The second kappa shape index (κ2) is 9.59. The number of piperidine rings is 1. The van der Waals surface area contributed by atoms with Gasteiger partial charge in [0.2, 0.25) is 10.0 Å². The normalized spacial score (nSPS) is 15.2. The standard InChI is InChI=1S/C25H24N4O6S/c30-23(31)17-28-22-7-4-14-26-24(22)29(25(28)32)18-12-15-27(16-13-18)36(33,34)21-10-8-20(9-11-21)35-19-5-2-1-3-6-19/h1-11,14,18H,12-13,15-17H2,(H,30,31). The van der Waals surface area contributed by atoms with E-state index in [2.05, 4.69) is 4.98 Å². The van der Waals surface area contributed by atoms with Crippen molar-refractivity contribution in [2.75, 3.05) is 13.1 Å². The fourth-order valence-electron chi connectivity index (χ4n) is 4.52. The Morgan fingerprint density at radius 3 is 2.31 bits per heavy atom. The van der Waals surface area contributed by atoms with E-state index >= 15 is 0 Å². The molecule has 0 saturated carbocycles. The number of carboxylic acids is 1. The molecule has 0 bridgehead atoms. The lowest BCUT2D eigenvalue weighted by Gasteiger charge is -2.31. The third kappa shape index (κ3) is 4.50. The van der Waals surface area contributed by atoms with Crippen molar-refractivity contribution < 1.29 is 23.1 Å². The van der Waals surface area contributed by atoms with Gasteiger partial charge in [0.1, 0.15) is 18.0 Å². The summed E-state index contributed by atoms with van der Waals surface area (Å²) in [5.74, 6) is 0.0641. The zero-order chi connectivity index (χ0) is 25.3. The predicted molar refractivity (Wildman–Crippen MR) is 132 cm³/mol. The summed E-state index contributed by atoms with van der Waals surface area (Å²) in [4.78, 5) is 28.8. The summed E-state index contributed by atoms with van der Waals surface area (Å²) in [7, 11) is -3.73. The van der Waals surface area contributed by atoms with Crippen molar-refractivity contribution >= 4 is 27.2 Å². The van der Waals surface area contributed by atoms with Crippen LogP contribution in [0, 0.1) is 0 Å². The second-order valence-corrected chi connectivity index (χ2v) is 10.4. The molecule has 0 amide bonds. The molecular formula is C25H24N4O6S. The minimum absolute atomic E-state index is 0.165. The minimum atomic E-state index is -3.73. The summed E-state index contributed by atoms with van der Waals surface area (Å²) in [6.45, 7) is -0.0223. The average Bonchev–Trinajstić information content (AvgIpc) is 3.16. The summed E-state index contributed by atoms with van der Waals surface area (Å²) < 4.78 is 36.3. The van der Waals surface area contributed by atoms with E-state index in [0.29, 0.717) is 35.5 Å². The summed E-state index contributed by atoms with van der Waals surface area (Å²) in [6, 6.07) is 18.5. The van der Waals surface area contributed by atoms with Gasteiger partial charge in [-0.2, -0.15) is 4.31 Å². The van der Waals surface area contributed by atoms with Crippen LogP contribution in [0.5, 0.6) is 11.5 Å². The Kier molecular flexibility index (Phi) is 6.33. The zero-order valence-corrected chi connectivity index (χ0v) is 20.0. The quantitative estimate of drug-likeness (QED) is 0.407. The Bertz CT molecular complexity index is 1550. The Balaban J connectivity index is 1.32. The van der Waals surface area contributed by atoms with Crippen molar-refractivity contribution in [1.82, 2.24) is 18.4 Å². The van der Waals surface area contributed by atoms with Crippen molar-refractivity contribution in [1.29, 1.82) is 0 Å². The molecule has 10 nitrogen and oxygen atoms in total. The fraction of sp³-hybridized carbons (Fsp3) is 0.240. The van der Waals surface area contributed by atoms with Gasteiger partial charge < -0.3 is 9.84 Å². The fourth-order valence-corrected chi connectivity index (χ4v) is 5.99. The van der Waals surface area contributed by atoms with Crippen LogP contribution in [0.1, 0.15) is 18.9 Å². The first kappa shape index (κ1) is 23.8. The van der Waals surface area contributed by atoms with Gasteiger partial charge in [0.15, 0.2) is 5.65 Å². The Hall–Kier alpha value is -3.96. The second-order valence-electron chi connectivity index (χ2n) is 8.50. The maximum absolute atomic E-state index is 13.2. The van der Waals surface area contributed by atoms with Crippen LogP contribution in [-0.2, 0) is 21.4 Å². The number of hydrogen-bond acceptors (Lipinski definition) is 6. The smallest absolute Gasteiger partial charge is 0.331 e. The van der Waals surface area contributed by atoms with Gasteiger partial charge in [0.05, 0.1) is 10.4 Å². The lowest BCUT2D eigenvalue weighted by molar-refractivity contribution is -0.137. The van der Waals surface area contributed by atoms with E-state index in [1.165, 1.54) is 25.6 Å². The van der Waals surface area contributed by atoms with Crippen LogP contribution in [0.15, 0.2) is 82.6 Å². The summed E-state index contributed by atoms with van der Waals surface area (Å²) >= 11 is 0. The first-order chi connectivity index (χ1) is 17.3. The number of carbonyl (C=O) groups is 1. The molecule has 36 heavy (non-hydrogen) atoms. The van der Waals surface area contributed by atoms with Crippen molar-refractivity contribution in [3.8, 4) is 11.5 Å². The van der Waals surface area contributed by atoms with Crippen LogP contribution < -0.4 is 10.4 Å². The largest absolute Gasteiger partial charge is 0.480 e. The van der Waals surface area contributed by atoms with Gasteiger partial charge in [0.25, 0.3) is 0 Å². The highest BCUT2D eigenvalue weighted by Gasteiger charge is 2.32. The highest BCUT2D eigenvalue weighted by atomic mass is 32.2. The summed E-state index contributed by atoms with van der Waals surface area (Å²) in [5, 5.41) is 9.22. The topological polar surface area (TPSA) is 124 Å². The number of ether oxygens (including phenoxy) is 1. The monoisotopic (exact) mass is 508 g/mol. The third-order valence-electron chi connectivity index (χ3n) is 6.24. The Morgan fingerprint density at radius 1 is 0.972 bits per heavy atom. The number of nitrogens with zero attached hydrogens (tertiary/aromatic N) is 4. The third-order valence-corrected chi connectivity index (χ3v) is 8.16. The van der Waals surface area contributed by atoms with Gasteiger partial charge in [-0.1, -0.05) is 18.2 Å². The van der Waals surface area contributed by atoms with Crippen LogP contribution in [0.2, 0.25) is 0 Å². The van der Waals surface area contributed by atoms with E-state index in [1.807, 2.05) is 30.3 Å². The molecule has 0 atom stereocenters. The molecule has 0 radical (unpaired) electrons. The molecule has 3 heterocycles. The van der Waals surface area contributed by atoms with Gasteiger partial charge in [-0.3, -0.25) is 13.9 Å². The molecule has 0 spiro atoms. The van der Waals surface area contributed by atoms with Crippen molar-refractivity contribution in [3.63, 3.8) is 0 Å². The SMILES string of the molecule is O=C(O)Cn1c(=O)n(C2CCN(S(=O)(=O)c3ccc(Oc4ccccc4)cc3)CC2)c2ncccc21. The van der Waals surface area contributed by atoms with Gasteiger partial charge in [-0.05, 0) is 61.4 Å². The predicted octanol–water partition coefficient (Wildman–Crippen LogP) is 3.10. The van der Waals surface area contributed by atoms with E-state index < -0.39 is 28.2 Å². The lowest BCUT2D eigenvalue weighted by Crippen LogP contribution is -2.41. The number of rotatable bonds is 7. The molecule has 5 rings (SSSR count). The molecule has 1 fully saturated rings. The number of imidazole rings is 1. The number of fused-ring (bicyclic) bond motifs is 1. The van der Waals surface area contributed by atoms with Gasteiger partial charge in [-0.15, -0.1) is 0 Å². The van der Waals surface area contributed by atoms with E-state index in [-0.39, 0.29) is 24.0 Å². The van der Waals surface area contributed by atoms with Crippen LogP contribution >= 0.6 is 0 Å². The molecule has 1 N–H and O–H groups in total. The van der Waals surface area contributed by atoms with Crippen LogP contribution in [0.4, 0.5) is 0 Å². The van der Waals surface area contributed by atoms with E-state index in [4.69, 9.17) is 4.74 Å². The van der Waals surface area contributed by atoms with Gasteiger partial charge in [-0.25, -0.2) is 18.2 Å². The molecular weight excluding hydrogens is 484 g/mol. The molecule has 1 aliphatic rings. The molecule has 4 aromatic rings. The van der Waals surface area contributed by atoms with Crippen LogP contribution in [-0.4, -0.2) is 51.0 Å². The van der Waals surface area contributed by atoms with Gasteiger partial charge in [0, 0.05) is 25.3 Å². The van der Waals surface area contributed by atoms with E-state index in [0.717, 1.165) is 0 Å². The maximum atomic E-state index is 13.2. The number of hydrogen-bond donors (Lipinski definition) is 1. The number of benzene rings is 2. The molecule has 1 aliphatic heterocycles. The Morgan fingerprint density at radius 2 is 1.64 bits per heavy atom. The van der Waals surface area contributed by atoms with E-state index in [1.54, 1.807) is 30.5 Å². The maximum Gasteiger partial charge on any atom is 0.331 e. The average molecular weight is 509 g/mol. The molecule has 2 aromatic carbocycles. The van der Waals surface area contributed by atoms with Gasteiger partial charge >= 0.3 is 11.7 Å². The highest BCUT2D eigenvalue weighted by molar-refractivity contribution is 7.89. The number of para-hydroxylation sites is 1. The van der Waals surface area contributed by atoms with Crippen molar-refractivity contribution in [3.05, 3.63) is 83.4 Å². The highest BCUT2D eigenvalue weighted by Crippen LogP contribution is 2.29. The molecule has 186 valence electrons. The molecule has 11 heteroatoms. The first-order valence-electron chi connectivity index (χ1n) is 11.5. The number of sulfonamides is 1. The van der Waals surface area contributed by atoms with Crippen molar-refractivity contribution in [2.45, 2.75) is 30.3 Å². The van der Waals surface area contributed by atoms with E-state index in [9.17, 15) is 23.1 Å². The van der Waals surface area contributed by atoms with Crippen molar-refractivity contribution in [2.24, 2.45) is 0 Å². The number of aliphatic carboxylic acids is 1. The number of pyridine rings is 1.